The van der Waals surface area contributed by atoms with Crippen LogP contribution in [0, 0.1) is 30.9 Å². The Hall–Kier alpha value is -3.65. The second-order valence-electron chi connectivity index (χ2n) is 8.13. The second kappa shape index (κ2) is 8.84. The van der Waals surface area contributed by atoms with Gasteiger partial charge in [-0.3, -0.25) is 4.79 Å². The van der Waals surface area contributed by atoms with Crippen LogP contribution in [0.3, 0.4) is 0 Å². The van der Waals surface area contributed by atoms with Crippen molar-refractivity contribution in [3.8, 4) is 23.5 Å². The Bertz CT molecular complexity index is 1210. The third-order valence-corrected chi connectivity index (χ3v) is 6.11. The molecule has 0 bridgehead atoms. The lowest BCUT2D eigenvalue weighted by molar-refractivity contribution is 0.0952. The summed E-state index contributed by atoms with van der Waals surface area (Å²) < 4.78 is 28.6. The first kappa shape index (κ1) is 21.6. The topological polar surface area (TPSA) is 41.1 Å². The molecule has 2 unspecified atom stereocenters. The Morgan fingerprint density at radius 2 is 1.88 bits per heavy atom. The highest BCUT2D eigenvalue weighted by molar-refractivity contribution is 5.94. The maximum Gasteiger partial charge on any atom is 0.251 e. The number of nitrogens with one attached hydrogen (secondary N) is 2. The summed E-state index contributed by atoms with van der Waals surface area (Å²) in [5.74, 6) is 1.56. The van der Waals surface area contributed by atoms with Gasteiger partial charge in [0.25, 0.3) is 5.91 Å². The quantitative estimate of drug-likeness (QED) is 0.515. The van der Waals surface area contributed by atoms with Gasteiger partial charge in [-0.2, -0.15) is 0 Å². The zero-order chi connectivity index (χ0) is 22.8. The first-order chi connectivity index (χ1) is 15.4. The van der Waals surface area contributed by atoms with Crippen molar-refractivity contribution in [1.29, 1.82) is 0 Å². The molecule has 162 valence electrons. The van der Waals surface area contributed by atoms with E-state index < -0.39 is 5.82 Å². The summed E-state index contributed by atoms with van der Waals surface area (Å²) in [6, 6.07) is 15.0. The number of carbonyl (C=O) groups excluding carboxylic acids is 1. The molecule has 0 saturated heterocycles. The molecule has 3 aromatic rings. The Kier molecular flexibility index (Phi) is 5.96. The van der Waals surface area contributed by atoms with Crippen LogP contribution in [-0.4, -0.2) is 18.5 Å². The number of amides is 1. The van der Waals surface area contributed by atoms with E-state index in [1.807, 2.05) is 13.8 Å². The van der Waals surface area contributed by atoms with Gasteiger partial charge >= 0.3 is 0 Å². The fraction of sp³-hybridized carbons (Fsp3) is 0.222. The molecule has 0 saturated carbocycles. The van der Waals surface area contributed by atoms with E-state index in [-0.39, 0.29) is 29.2 Å². The molecule has 0 aromatic heterocycles. The Morgan fingerprint density at radius 3 is 2.59 bits per heavy atom. The van der Waals surface area contributed by atoms with E-state index in [1.54, 1.807) is 48.5 Å². The van der Waals surface area contributed by atoms with Crippen LogP contribution in [0.4, 0.5) is 14.5 Å². The van der Waals surface area contributed by atoms with Crippen LogP contribution >= 0.6 is 0 Å². The summed E-state index contributed by atoms with van der Waals surface area (Å²) in [5, 5.41) is 6.17. The van der Waals surface area contributed by atoms with Crippen molar-refractivity contribution < 1.29 is 13.6 Å². The van der Waals surface area contributed by atoms with Crippen molar-refractivity contribution in [1.82, 2.24) is 5.32 Å². The first-order valence-electron chi connectivity index (χ1n) is 10.6. The minimum atomic E-state index is -0.446. The molecule has 3 aromatic carbocycles. The van der Waals surface area contributed by atoms with Gasteiger partial charge in [0, 0.05) is 29.6 Å². The van der Waals surface area contributed by atoms with Crippen LogP contribution in [0.25, 0.3) is 11.1 Å². The minimum Gasteiger partial charge on any atom is -0.379 e. The molecule has 1 amide bonds. The number of fused-ring (bicyclic) bond motifs is 1. The lowest BCUT2D eigenvalue weighted by Crippen LogP contribution is -2.27. The third kappa shape index (κ3) is 3.97. The molecule has 5 heteroatoms. The molecule has 0 aliphatic carbocycles. The summed E-state index contributed by atoms with van der Waals surface area (Å²) in [4.78, 5) is 12.6. The molecule has 2 atom stereocenters. The summed E-state index contributed by atoms with van der Waals surface area (Å²) in [6.45, 7) is 4.47. The molecular weight excluding hydrogens is 406 g/mol. The average molecular weight is 430 g/mol. The van der Waals surface area contributed by atoms with Gasteiger partial charge in [0.1, 0.15) is 11.6 Å². The standard InChI is InChI=1S/C27H24F2N2O/c1-4-18-6-5-7-22(25(18)29)19-9-11-20(12-10-19)27(32)30-15-14-21-17(3)31-26-23(28)13-8-16(2)24(21)26/h1,5-13,17,21,31H,14-15H2,2-3H3,(H,30,32). The SMILES string of the molecule is C#Cc1cccc(-c2ccc(C(=O)NCCC3c4c(C)ccc(F)c4NC3C)cc2)c1F. The van der Waals surface area contributed by atoms with Crippen molar-refractivity contribution in [3.05, 3.63) is 88.5 Å². The summed E-state index contributed by atoms with van der Waals surface area (Å²) in [7, 11) is 0. The molecule has 0 radical (unpaired) electrons. The normalized spacial score (nSPS) is 16.7. The average Bonchev–Trinajstić information content (AvgIpc) is 3.14. The van der Waals surface area contributed by atoms with Gasteiger partial charge in [-0.05, 0) is 61.2 Å². The van der Waals surface area contributed by atoms with E-state index in [0.29, 0.717) is 35.3 Å². The molecule has 1 heterocycles. The molecule has 2 N–H and O–H groups in total. The van der Waals surface area contributed by atoms with E-state index in [4.69, 9.17) is 6.42 Å². The van der Waals surface area contributed by atoms with Crippen molar-refractivity contribution in [2.24, 2.45) is 0 Å². The van der Waals surface area contributed by atoms with Gasteiger partial charge in [-0.15, -0.1) is 6.42 Å². The maximum atomic E-state index is 14.5. The molecule has 1 aliphatic rings. The highest BCUT2D eigenvalue weighted by Gasteiger charge is 2.32. The number of hydrogen-bond acceptors (Lipinski definition) is 2. The van der Waals surface area contributed by atoms with Crippen LogP contribution in [0.15, 0.2) is 54.6 Å². The fourth-order valence-corrected chi connectivity index (χ4v) is 4.41. The predicted octanol–water partition coefficient (Wildman–Crippen LogP) is 5.64. The van der Waals surface area contributed by atoms with E-state index >= 15 is 0 Å². The van der Waals surface area contributed by atoms with E-state index in [0.717, 1.165) is 11.1 Å². The number of terminal acetylenes is 1. The summed E-state index contributed by atoms with van der Waals surface area (Å²) in [6.07, 6.45) is 6.03. The van der Waals surface area contributed by atoms with Crippen molar-refractivity contribution in [2.75, 3.05) is 11.9 Å². The van der Waals surface area contributed by atoms with Crippen LogP contribution in [0.5, 0.6) is 0 Å². The van der Waals surface area contributed by atoms with Crippen LogP contribution < -0.4 is 10.6 Å². The molecule has 32 heavy (non-hydrogen) atoms. The molecule has 0 fully saturated rings. The molecule has 0 spiro atoms. The Morgan fingerprint density at radius 1 is 1.12 bits per heavy atom. The van der Waals surface area contributed by atoms with Crippen LogP contribution in [-0.2, 0) is 0 Å². The largest absolute Gasteiger partial charge is 0.379 e. The van der Waals surface area contributed by atoms with Gasteiger partial charge in [0.2, 0.25) is 0 Å². The smallest absolute Gasteiger partial charge is 0.251 e. The maximum absolute atomic E-state index is 14.5. The molecule has 4 rings (SSSR count). The Balaban J connectivity index is 1.41. The number of rotatable bonds is 5. The molecular formula is C27H24F2N2O. The van der Waals surface area contributed by atoms with Crippen LogP contribution in [0.1, 0.15) is 46.3 Å². The Labute approximate surface area is 186 Å². The van der Waals surface area contributed by atoms with E-state index in [9.17, 15) is 13.6 Å². The minimum absolute atomic E-state index is 0.0884. The molecule has 3 nitrogen and oxygen atoms in total. The fourth-order valence-electron chi connectivity index (χ4n) is 4.41. The zero-order valence-corrected chi connectivity index (χ0v) is 18.0. The monoisotopic (exact) mass is 430 g/mol. The number of benzene rings is 3. The highest BCUT2D eigenvalue weighted by Crippen LogP contribution is 2.41. The number of aryl methyl sites for hydroxylation is 1. The first-order valence-corrected chi connectivity index (χ1v) is 10.6. The number of anilines is 1. The number of hydrogen-bond donors (Lipinski definition) is 2. The van der Waals surface area contributed by atoms with Crippen molar-refractivity contribution in [3.63, 3.8) is 0 Å². The lowest BCUT2D eigenvalue weighted by atomic mass is 9.89. The van der Waals surface area contributed by atoms with Gasteiger partial charge in [-0.1, -0.05) is 36.3 Å². The summed E-state index contributed by atoms with van der Waals surface area (Å²) in [5.41, 5.74) is 4.36. The second-order valence-corrected chi connectivity index (χ2v) is 8.13. The molecule has 1 aliphatic heterocycles. The number of carbonyl (C=O) groups is 1. The third-order valence-electron chi connectivity index (χ3n) is 6.11. The van der Waals surface area contributed by atoms with Gasteiger partial charge in [-0.25, -0.2) is 8.78 Å². The van der Waals surface area contributed by atoms with Crippen LogP contribution in [0.2, 0.25) is 0 Å². The van der Waals surface area contributed by atoms with Crippen molar-refractivity contribution in [2.45, 2.75) is 32.2 Å². The van der Waals surface area contributed by atoms with E-state index in [1.165, 1.54) is 6.07 Å². The van der Waals surface area contributed by atoms with Gasteiger partial charge in [0.05, 0.1) is 11.3 Å². The van der Waals surface area contributed by atoms with E-state index in [2.05, 4.69) is 16.6 Å². The lowest BCUT2D eigenvalue weighted by Gasteiger charge is -2.18. The van der Waals surface area contributed by atoms with Gasteiger partial charge in [0.15, 0.2) is 0 Å². The highest BCUT2D eigenvalue weighted by atomic mass is 19.1. The van der Waals surface area contributed by atoms with Crippen molar-refractivity contribution >= 4 is 11.6 Å². The summed E-state index contributed by atoms with van der Waals surface area (Å²) >= 11 is 0. The van der Waals surface area contributed by atoms with Gasteiger partial charge < -0.3 is 10.6 Å². The predicted molar refractivity (Wildman–Crippen MR) is 124 cm³/mol. The zero-order valence-electron chi connectivity index (χ0n) is 18.0. The number of halogens is 2.